The van der Waals surface area contributed by atoms with Crippen LogP contribution in [0.3, 0.4) is 0 Å². The summed E-state index contributed by atoms with van der Waals surface area (Å²) in [5, 5.41) is 2.55. The molecule has 0 unspecified atom stereocenters. The van der Waals surface area contributed by atoms with Gasteiger partial charge in [-0.2, -0.15) is 0 Å². The first-order chi connectivity index (χ1) is 12.4. The molecular weight excluding hydrogens is 358 g/mol. The van der Waals surface area contributed by atoms with Gasteiger partial charge in [0, 0.05) is 12.1 Å². The van der Waals surface area contributed by atoms with Crippen LogP contribution in [0.25, 0.3) is 6.08 Å². The van der Waals surface area contributed by atoms with Crippen molar-refractivity contribution in [1.82, 2.24) is 5.32 Å². The number of amides is 1. The van der Waals surface area contributed by atoms with Crippen molar-refractivity contribution in [3.05, 3.63) is 48.6 Å². The van der Waals surface area contributed by atoms with Crippen molar-refractivity contribution in [2.75, 3.05) is 24.7 Å². The summed E-state index contributed by atoms with van der Waals surface area (Å²) in [5.74, 6) is -0.490. The Kier molecular flexibility index (Phi) is 6.97. The SMILES string of the molecule is C=CCOc1ccc(/C=C/C(=O)OCC(=O)N[C@@H]2CCS(=O)(=O)C2)cc1. The third-order valence-corrected chi connectivity index (χ3v) is 5.37. The van der Waals surface area contributed by atoms with Crippen LogP contribution >= 0.6 is 0 Å². The summed E-state index contributed by atoms with van der Waals surface area (Å²) in [7, 11) is -3.07. The van der Waals surface area contributed by atoms with Gasteiger partial charge in [0.1, 0.15) is 12.4 Å². The first-order valence-electron chi connectivity index (χ1n) is 8.06. The fourth-order valence-corrected chi connectivity index (χ4v) is 4.03. The van der Waals surface area contributed by atoms with Crippen LogP contribution in [0.1, 0.15) is 12.0 Å². The molecule has 0 aliphatic carbocycles. The average Bonchev–Trinajstić information content (AvgIpc) is 2.95. The van der Waals surface area contributed by atoms with Crippen LogP contribution in [-0.4, -0.2) is 51.1 Å². The van der Waals surface area contributed by atoms with E-state index in [9.17, 15) is 18.0 Å². The third kappa shape index (κ3) is 6.72. The monoisotopic (exact) mass is 379 g/mol. The maximum atomic E-state index is 11.7. The van der Waals surface area contributed by atoms with Gasteiger partial charge >= 0.3 is 5.97 Å². The number of hydrogen-bond donors (Lipinski definition) is 1. The van der Waals surface area contributed by atoms with Crippen molar-refractivity contribution >= 4 is 27.8 Å². The van der Waals surface area contributed by atoms with E-state index in [-0.39, 0.29) is 11.5 Å². The van der Waals surface area contributed by atoms with Gasteiger partial charge in [-0.3, -0.25) is 4.79 Å². The Hall–Kier alpha value is -2.61. The zero-order valence-corrected chi connectivity index (χ0v) is 15.0. The predicted octanol–water partition coefficient (Wildman–Crippen LogP) is 1.11. The fraction of sp³-hybridized carbons (Fsp3) is 0.333. The van der Waals surface area contributed by atoms with Crippen LogP contribution < -0.4 is 10.1 Å². The molecule has 0 spiro atoms. The molecule has 7 nitrogen and oxygen atoms in total. The average molecular weight is 379 g/mol. The molecule has 1 amide bonds. The molecule has 1 fully saturated rings. The predicted molar refractivity (Wildman–Crippen MR) is 97.3 cm³/mol. The first-order valence-corrected chi connectivity index (χ1v) is 9.88. The number of hydrogen-bond acceptors (Lipinski definition) is 6. The molecule has 1 aliphatic heterocycles. The Balaban J connectivity index is 1.73. The van der Waals surface area contributed by atoms with Crippen molar-refractivity contribution in [1.29, 1.82) is 0 Å². The second-order valence-electron chi connectivity index (χ2n) is 5.78. The zero-order chi connectivity index (χ0) is 19.0. The van der Waals surface area contributed by atoms with E-state index in [1.807, 2.05) is 0 Å². The van der Waals surface area contributed by atoms with Crippen LogP contribution in [0.4, 0.5) is 0 Å². The minimum absolute atomic E-state index is 0.0674. The Bertz CT molecular complexity index is 782. The van der Waals surface area contributed by atoms with Gasteiger partial charge in [0.05, 0.1) is 11.5 Å². The Labute approximate surface area is 152 Å². The molecule has 0 saturated carbocycles. The van der Waals surface area contributed by atoms with E-state index >= 15 is 0 Å². The minimum Gasteiger partial charge on any atom is -0.490 e. The normalized spacial score (nSPS) is 18.4. The summed E-state index contributed by atoms with van der Waals surface area (Å²) >= 11 is 0. The quantitative estimate of drug-likeness (QED) is 0.413. The van der Waals surface area contributed by atoms with Gasteiger partial charge < -0.3 is 14.8 Å². The summed E-state index contributed by atoms with van der Waals surface area (Å²) in [4.78, 5) is 23.3. The number of rotatable bonds is 8. The standard InChI is InChI=1S/C18H21NO6S/c1-2-10-24-16-6-3-14(4-7-16)5-8-18(21)25-12-17(20)19-15-9-11-26(22,23)13-15/h2-8,15H,1,9-13H2,(H,19,20)/b8-5+/t15-/m1/s1. The lowest BCUT2D eigenvalue weighted by Crippen LogP contribution is -2.38. The summed E-state index contributed by atoms with van der Waals surface area (Å²) < 4.78 is 32.8. The molecule has 1 aromatic carbocycles. The van der Waals surface area contributed by atoms with Crippen molar-refractivity contribution in [3.63, 3.8) is 0 Å². The van der Waals surface area contributed by atoms with Crippen molar-refractivity contribution in [3.8, 4) is 5.75 Å². The molecule has 1 aromatic rings. The molecular formula is C18H21NO6S. The number of sulfone groups is 1. The van der Waals surface area contributed by atoms with Gasteiger partial charge in [-0.25, -0.2) is 13.2 Å². The van der Waals surface area contributed by atoms with Gasteiger partial charge in [-0.15, -0.1) is 0 Å². The smallest absolute Gasteiger partial charge is 0.331 e. The summed E-state index contributed by atoms with van der Waals surface area (Å²) in [5.41, 5.74) is 0.772. The van der Waals surface area contributed by atoms with Crippen LogP contribution in [0.15, 0.2) is 43.0 Å². The Morgan fingerprint density at radius 3 is 2.62 bits per heavy atom. The van der Waals surface area contributed by atoms with E-state index < -0.39 is 34.4 Å². The van der Waals surface area contributed by atoms with E-state index in [1.165, 1.54) is 6.08 Å². The highest BCUT2D eigenvalue weighted by molar-refractivity contribution is 7.91. The molecule has 1 N–H and O–H groups in total. The maximum Gasteiger partial charge on any atom is 0.331 e. The van der Waals surface area contributed by atoms with E-state index in [0.29, 0.717) is 18.8 Å². The number of carbonyl (C=O) groups is 2. The number of benzene rings is 1. The molecule has 0 aromatic heterocycles. The van der Waals surface area contributed by atoms with Crippen LogP contribution in [0.2, 0.25) is 0 Å². The molecule has 0 bridgehead atoms. The lowest BCUT2D eigenvalue weighted by atomic mass is 10.2. The molecule has 2 rings (SSSR count). The highest BCUT2D eigenvalue weighted by atomic mass is 32.2. The van der Waals surface area contributed by atoms with Crippen molar-refractivity contribution < 1.29 is 27.5 Å². The lowest BCUT2D eigenvalue weighted by Gasteiger charge is -2.10. The van der Waals surface area contributed by atoms with Gasteiger partial charge in [0.2, 0.25) is 0 Å². The second-order valence-corrected chi connectivity index (χ2v) is 8.01. The van der Waals surface area contributed by atoms with E-state index in [2.05, 4.69) is 11.9 Å². The number of esters is 1. The van der Waals surface area contributed by atoms with Gasteiger partial charge in [-0.1, -0.05) is 24.8 Å². The molecule has 1 heterocycles. The molecule has 1 atom stereocenters. The van der Waals surface area contributed by atoms with Crippen molar-refractivity contribution in [2.45, 2.75) is 12.5 Å². The van der Waals surface area contributed by atoms with E-state index in [1.54, 1.807) is 36.4 Å². The van der Waals surface area contributed by atoms with Crippen LogP contribution in [0.5, 0.6) is 5.75 Å². The zero-order valence-electron chi connectivity index (χ0n) is 14.2. The molecule has 26 heavy (non-hydrogen) atoms. The third-order valence-electron chi connectivity index (χ3n) is 3.60. The number of carbonyl (C=O) groups excluding carboxylic acids is 2. The summed E-state index contributed by atoms with van der Waals surface area (Å²) in [6.07, 6.45) is 4.80. The Morgan fingerprint density at radius 1 is 1.27 bits per heavy atom. The Morgan fingerprint density at radius 2 is 2.00 bits per heavy atom. The molecule has 0 radical (unpaired) electrons. The van der Waals surface area contributed by atoms with Crippen LogP contribution in [0, 0.1) is 0 Å². The molecule has 1 saturated heterocycles. The maximum absolute atomic E-state index is 11.7. The summed E-state index contributed by atoms with van der Waals surface area (Å²) in [6, 6.07) is 6.66. The summed E-state index contributed by atoms with van der Waals surface area (Å²) in [6.45, 7) is 3.53. The van der Waals surface area contributed by atoms with Gasteiger partial charge in [0.15, 0.2) is 16.4 Å². The van der Waals surface area contributed by atoms with E-state index in [4.69, 9.17) is 9.47 Å². The number of ether oxygens (including phenoxy) is 2. The topological polar surface area (TPSA) is 98.8 Å². The second kappa shape index (κ2) is 9.19. The molecule has 8 heteroatoms. The lowest BCUT2D eigenvalue weighted by molar-refractivity contribution is -0.143. The first kappa shape index (κ1) is 19.7. The highest BCUT2D eigenvalue weighted by Gasteiger charge is 2.28. The molecule has 1 aliphatic rings. The number of nitrogens with one attached hydrogen (secondary N) is 1. The van der Waals surface area contributed by atoms with Crippen LogP contribution in [-0.2, 0) is 24.2 Å². The van der Waals surface area contributed by atoms with Gasteiger partial charge in [0.25, 0.3) is 5.91 Å². The fourth-order valence-electron chi connectivity index (χ4n) is 2.36. The van der Waals surface area contributed by atoms with Gasteiger partial charge in [-0.05, 0) is 30.2 Å². The molecule has 140 valence electrons. The van der Waals surface area contributed by atoms with E-state index in [0.717, 1.165) is 5.56 Å². The largest absolute Gasteiger partial charge is 0.490 e. The minimum atomic E-state index is -3.07. The van der Waals surface area contributed by atoms with Crippen molar-refractivity contribution in [2.24, 2.45) is 0 Å². The highest BCUT2D eigenvalue weighted by Crippen LogP contribution is 2.13.